The van der Waals surface area contributed by atoms with Crippen LogP contribution in [0.15, 0.2) is 29.2 Å². The predicted octanol–water partition coefficient (Wildman–Crippen LogP) is 2.06. The lowest BCUT2D eigenvalue weighted by atomic mass is 10.2. The Bertz CT molecular complexity index is 557. The normalized spacial score (nSPS) is 19.3. The van der Waals surface area contributed by atoms with E-state index in [-0.39, 0.29) is 17.7 Å². The van der Waals surface area contributed by atoms with Crippen LogP contribution in [0.4, 0.5) is 0 Å². The number of carbonyl (C=O) groups excluding carboxylic acids is 2. The van der Waals surface area contributed by atoms with Gasteiger partial charge >= 0.3 is 0 Å². The summed E-state index contributed by atoms with van der Waals surface area (Å²) in [7, 11) is 0. The Kier molecular flexibility index (Phi) is 4.19. The molecule has 1 aromatic carbocycles. The minimum atomic E-state index is 0.0151. The van der Waals surface area contributed by atoms with Crippen LogP contribution in [0.5, 0.6) is 0 Å². The summed E-state index contributed by atoms with van der Waals surface area (Å²) >= 11 is 4.36. The van der Waals surface area contributed by atoms with Gasteiger partial charge in [-0.25, -0.2) is 0 Å². The number of hydrogen-bond acceptors (Lipinski definition) is 3. The number of thiol groups is 1. The number of carbonyl (C=O) groups is 2. The first kappa shape index (κ1) is 14.4. The molecule has 0 aromatic heterocycles. The summed E-state index contributed by atoms with van der Waals surface area (Å²) in [6.07, 6.45) is 2.91. The topological polar surface area (TPSA) is 40.6 Å². The van der Waals surface area contributed by atoms with Crippen LogP contribution >= 0.6 is 12.6 Å². The quantitative estimate of drug-likeness (QED) is 0.850. The molecule has 1 heterocycles. The molecule has 21 heavy (non-hydrogen) atoms. The molecule has 5 heteroatoms. The molecule has 0 radical (unpaired) electrons. The monoisotopic (exact) mass is 304 g/mol. The van der Waals surface area contributed by atoms with Crippen molar-refractivity contribution in [3.05, 3.63) is 29.8 Å². The molecule has 3 rings (SSSR count). The molecule has 112 valence electrons. The third-order valence-electron chi connectivity index (χ3n) is 4.16. The average Bonchev–Trinajstić information content (AvgIpc) is 3.33. The van der Waals surface area contributed by atoms with E-state index in [4.69, 9.17) is 0 Å². The van der Waals surface area contributed by atoms with Gasteiger partial charge in [0.05, 0.1) is 5.56 Å². The summed E-state index contributed by atoms with van der Waals surface area (Å²) in [6, 6.07) is 7.37. The second kappa shape index (κ2) is 6.10. The van der Waals surface area contributed by atoms with Gasteiger partial charge in [0.25, 0.3) is 5.91 Å². The van der Waals surface area contributed by atoms with E-state index in [9.17, 15) is 9.59 Å². The first-order valence-corrected chi connectivity index (χ1v) is 7.97. The van der Waals surface area contributed by atoms with Gasteiger partial charge in [-0.05, 0) is 31.4 Å². The minimum absolute atomic E-state index is 0.0151. The van der Waals surface area contributed by atoms with Crippen LogP contribution in [0, 0.1) is 5.92 Å². The maximum Gasteiger partial charge on any atom is 0.255 e. The largest absolute Gasteiger partial charge is 0.341 e. The van der Waals surface area contributed by atoms with Gasteiger partial charge in [-0.2, -0.15) is 0 Å². The van der Waals surface area contributed by atoms with Crippen LogP contribution < -0.4 is 0 Å². The molecule has 0 atom stereocenters. The van der Waals surface area contributed by atoms with Gasteiger partial charge in [0.1, 0.15) is 0 Å². The van der Waals surface area contributed by atoms with Gasteiger partial charge in [-0.3, -0.25) is 9.59 Å². The lowest BCUT2D eigenvalue weighted by Crippen LogP contribution is -2.38. The zero-order valence-electron chi connectivity index (χ0n) is 12.0. The molecule has 1 saturated carbocycles. The van der Waals surface area contributed by atoms with Crippen LogP contribution in [0.2, 0.25) is 0 Å². The van der Waals surface area contributed by atoms with E-state index in [1.807, 2.05) is 34.1 Å². The van der Waals surface area contributed by atoms with E-state index in [1.165, 1.54) is 0 Å². The van der Waals surface area contributed by atoms with Gasteiger partial charge in [0.2, 0.25) is 5.91 Å². The molecule has 0 bridgehead atoms. The van der Waals surface area contributed by atoms with Crippen molar-refractivity contribution in [2.24, 2.45) is 5.92 Å². The summed E-state index contributed by atoms with van der Waals surface area (Å²) < 4.78 is 0. The van der Waals surface area contributed by atoms with Crippen LogP contribution in [0.25, 0.3) is 0 Å². The van der Waals surface area contributed by atoms with Gasteiger partial charge in [-0.15, -0.1) is 12.6 Å². The highest BCUT2D eigenvalue weighted by molar-refractivity contribution is 7.80. The molecule has 2 fully saturated rings. The Morgan fingerprint density at radius 2 is 1.67 bits per heavy atom. The maximum atomic E-state index is 12.6. The Labute approximate surface area is 130 Å². The molecular weight excluding hydrogens is 284 g/mol. The van der Waals surface area contributed by atoms with E-state index in [2.05, 4.69) is 12.6 Å². The summed E-state index contributed by atoms with van der Waals surface area (Å²) in [5.41, 5.74) is 0.641. The van der Waals surface area contributed by atoms with Crippen molar-refractivity contribution in [3.8, 4) is 0 Å². The Morgan fingerprint density at radius 3 is 2.38 bits per heavy atom. The Balaban J connectivity index is 1.66. The van der Waals surface area contributed by atoms with Gasteiger partial charge in [0, 0.05) is 37.0 Å². The van der Waals surface area contributed by atoms with Gasteiger partial charge in [0.15, 0.2) is 0 Å². The average molecular weight is 304 g/mol. The molecule has 1 aliphatic carbocycles. The lowest BCUT2D eigenvalue weighted by Gasteiger charge is -2.22. The molecule has 1 aliphatic heterocycles. The van der Waals surface area contributed by atoms with Crippen molar-refractivity contribution in [3.63, 3.8) is 0 Å². The molecule has 0 unspecified atom stereocenters. The van der Waals surface area contributed by atoms with Crippen LogP contribution in [0.1, 0.15) is 29.6 Å². The van der Waals surface area contributed by atoms with E-state index in [0.29, 0.717) is 30.1 Å². The zero-order chi connectivity index (χ0) is 14.8. The number of nitrogens with zero attached hydrogens (tertiary/aromatic N) is 2. The van der Waals surface area contributed by atoms with Crippen LogP contribution in [-0.4, -0.2) is 47.8 Å². The highest BCUT2D eigenvalue weighted by Crippen LogP contribution is 2.31. The molecule has 1 saturated heterocycles. The van der Waals surface area contributed by atoms with E-state index in [0.717, 1.165) is 25.8 Å². The highest BCUT2D eigenvalue weighted by atomic mass is 32.1. The fraction of sp³-hybridized carbons (Fsp3) is 0.500. The fourth-order valence-corrected chi connectivity index (χ4v) is 3.01. The summed E-state index contributed by atoms with van der Waals surface area (Å²) in [5, 5.41) is 0. The number of benzene rings is 1. The van der Waals surface area contributed by atoms with Gasteiger partial charge in [-0.1, -0.05) is 12.1 Å². The Morgan fingerprint density at radius 1 is 1.00 bits per heavy atom. The smallest absolute Gasteiger partial charge is 0.255 e. The van der Waals surface area contributed by atoms with Crippen molar-refractivity contribution >= 4 is 24.4 Å². The van der Waals surface area contributed by atoms with Crippen molar-refractivity contribution in [1.29, 1.82) is 0 Å². The molecule has 2 amide bonds. The molecule has 0 spiro atoms. The SMILES string of the molecule is O=C(c1ccccc1S)N1CCCN(C(=O)C2CC2)CC1. The fourth-order valence-electron chi connectivity index (χ4n) is 2.75. The van der Waals surface area contributed by atoms with Gasteiger partial charge < -0.3 is 9.80 Å². The first-order chi connectivity index (χ1) is 10.2. The zero-order valence-corrected chi connectivity index (χ0v) is 12.9. The molecule has 0 N–H and O–H groups in total. The number of amides is 2. The third-order valence-corrected chi connectivity index (χ3v) is 4.55. The first-order valence-electron chi connectivity index (χ1n) is 7.53. The summed E-state index contributed by atoms with van der Waals surface area (Å²) in [4.78, 5) is 29.2. The van der Waals surface area contributed by atoms with E-state index in [1.54, 1.807) is 0 Å². The number of hydrogen-bond donors (Lipinski definition) is 1. The third kappa shape index (κ3) is 3.23. The molecule has 4 nitrogen and oxygen atoms in total. The molecule has 1 aromatic rings. The lowest BCUT2D eigenvalue weighted by molar-refractivity contribution is -0.132. The summed E-state index contributed by atoms with van der Waals surface area (Å²) in [5.74, 6) is 0.547. The standard InChI is InChI=1S/C16H20N2O2S/c19-15(12-6-7-12)17-8-3-9-18(11-10-17)16(20)13-4-1-2-5-14(13)21/h1-2,4-5,12,21H,3,6-11H2. The molecule has 2 aliphatic rings. The molecular formula is C16H20N2O2S. The Hall–Kier alpha value is -1.49. The van der Waals surface area contributed by atoms with Crippen molar-refractivity contribution in [2.45, 2.75) is 24.2 Å². The van der Waals surface area contributed by atoms with Crippen molar-refractivity contribution in [2.75, 3.05) is 26.2 Å². The number of rotatable bonds is 2. The summed E-state index contributed by atoms with van der Waals surface area (Å²) in [6.45, 7) is 2.73. The van der Waals surface area contributed by atoms with Crippen molar-refractivity contribution in [1.82, 2.24) is 9.80 Å². The second-order valence-corrected chi connectivity index (χ2v) is 6.24. The maximum absolute atomic E-state index is 12.6. The van der Waals surface area contributed by atoms with E-state index >= 15 is 0 Å². The van der Waals surface area contributed by atoms with E-state index < -0.39 is 0 Å². The predicted molar refractivity (Wildman–Crippen MR) is 83.5 cm³/mol. The highest BCUT2D eigenvalue weighted by Gasteiger charge is 2.34. The van der Waals surface area contributed by atoms with Crippen molar-refractivity contribution < 1.29 is 9.59 Å². The minimum Gasteiger partial charge on any atom is -0.341 e. The second-order valence-electron chi connectivity index (χ2n) is 5.76. The van der Waals surface area contributed by atoms with Crippen LogP contribution in [-0.2, 0) is 4.79 Å². The van der Waals surface area contributed by atoms with Crippen LogP contribution in [0.3, 0.4) is 0 Å².